The van der Waals surface area contributed by atoms with E-state index in [1.165, 1.54) is 87.4 Å². The number of aryl methyl sites for hydroxylation is 1. The molecule has 0 bridgehead atoms. The fraction of sp³-hybridized carbons (Fsp3) is 0.0204. The molecule has 0 saturated heterocycles. The van der Waals surface area contributed by atoms with Crippen molar-refractivity contribution in [2.24, 2.45) is 0 Å². The lowest BCUT2D eigenvalue weighted by Crippen LogP contribution is -1.97. The summed E-state index contributed by atoms with van der Waals surface area (Å²) in [7, 11) is 0. The fourth-order valence-corrected chi connectivity index (χ4v) is 8.32. The van der Waals surface area contributed by atoms with Crippen LogP contribution >= 0.6 is 0 Å². The third-order valence-electron chi connectivity index (χ3n) is 10.6. The number of hydrogen-bond donors (Lipinski definition) is 0. The second kappa shape index (κ2) is 11.4. The van der Waals surface area contributed by atoms with Crippen molar-refractivity contribution < 1.29 is 0 Å². The van der Waals surface area contributed by atoms with Gasteiger partial charge < -0.3 is 9.13 Å². The van der Waals surface area contributed by atoms with Crippen molar-refractivity contribution in [3.63, 3.8) is 0 Å². The highest BCUT2D eigenvalue weighted by Crippen LogP contribution is 2.39. The Morgan fingerprint density at radius 1 is 0.431 bits per heavy atom. The molecule has 0 saturated carbocycles. The molecule has 238 valence electrons. The normalized spacial score (nSPS) is 11.9. The predicted octanol–water partition coefficient (Wildman–Crippen LogP) is 12.8. The molecule has 0 spiro atoms. The lowest BCUT2D eigenvalue weighted by molar-refractivity contribution is 1.15. The first-order chi connectivity index (χ1) is 25.2. The maximum absolute atomic E-state index is 5.64. The molecule has 0 fully saturated rings. The first-order valence-corrected chi connectivity index (χ1v) is 17.4. The summed E-state index contributed by atoms with van der Waals surface area (Å²) >= 11 is 0. The summed E-state index contributed by atoms with van der Waals surface area (Å²) in [6.45, 7) is 2.19. The van der Waals surface area contributed by atoms with Gasteiger partial charge in [0.2, 0.25) is 0 Å². The fourth-order valence-electron chi connectivity index (χ4n) is 8.32. The maximum Gasteiger partial charge on any atom is 0.0561 e. The largest absolute Gasteiger partial charge is 0.309 e. The molecule has 10 rings (SSSR count). The minimum Gasteiger partial charge on any atom is -0.309 e. The van der Waals surface area contributed by atoms with Gasteiger partial charge in [-0.05, 0) is 111 Å². The van der Waals surface area contributed by atoms with Gasteiger partial charge in [0.25, 0.3) is 0 Å². The predicted molar refractivity (Wildman–Crippen MR) is 218 cm³/mol. The topological polar surface area (TPSA) is 9.86 Å². The van der Waals surface area contributed by atoms with Crippen LogP contribution in [0, 0.1) is 19.3 Å². The van der Waals surface area contributed by atoms with E-state index >= 15 is 0 Å². The molecule has 0 aliphatic carbocycles. The smallest absolute Gasteiger partial charge is 0.0561 e. The molecule has 0 aliphatic heterocycles. The molecule has 0 N–H and O–H groups in total. The van der Waals surface area contributed by atoms with E-state index in [4.69, 9.17) is 6.42 Å². The van der Waals surface area contributed by atoms with Crippen molar-refractivity contribution in [3.05, 3.63) is 175 Å². The van der Waals surface area contributed by atoms with Crippen LogP contribution in [0.1, 0.15) is 11.1 Å². The molecule has 0 atom stereocenters. The molecule has 0 unspecified atom stereocenters. The van der Waals surface area contributed by atoms with Crippen LogP contribution in [0.5, 0.6) is 0 Å². The van der Waals surface area contributed by atoms with E-state index in [9.17, 15) is 0 Å². The first kappa shape index (κ1) is 29.1. The molecule has 2 nitrogen and oxygen atoms in total. The number of terminal acetylenes is 1. The lowest BCUT2D eigenvalue weighted by atomic mass is 9.90. The molecular formula is C49H32N2. The van der Waals surface area contributed by atoms with Crippen molar-refractivity contribution in [1.82, 2.24) is 9.13 Å². The summed E-state index contributed by atoms with van der Waals surface area (Å²) in [5.41, 5.74) is 11.8. The zero-order chi connectivity index (χ0) is 34.1. The van der Waals surface area contributed by atoms with E-state index in [2.05, 4.69) is 186 Å². The SMILES string of the molecule is C#C/C=C\c1c(C)c2ccccc2c2cc(-c3cccc(-n4c5ccccc5c5ccc(-n6c7ccccc7c7ccccc76)cc54)c3)ccc12. The van der Waals surface area contributed by atoms with Gasteiger partial charge >= 0.3 is 0 Å². The molecular weight excluding hydrogens is 617 g/mol. The van der Waals surface area contributed by atoms with Crippen molar-refractivity contribution in [2.45, 2.75) is 6.92 Å². The average molecular weight is 649 g/mol. The van der Waals surface area contributed by atoms with Crippen LogP contribution in [0.15, 0.2) is 164 Å². The van der Waals surface area contributed by atoms with Crippen LogP contribution in [-0.2, 0) is 0 Å². The van der Waals surface area contributed by atoms with E-state index in [-0.39, 0.29) is 0 Å². The third kappa shape index (κ3) is 4.39. The standard InChI is InChI=1S/C49H32N2/c1-3-4-16-37-32(2)38-17-5-6-18-39(38)45-30-34(25-27-40(37)45)33-14-13-15-35(29-33)51-48-24-12-9-21-43(48)44-28-26-36(31-49(44)51)50-46-22-10-7-19-41(46)42-20-8-11-23-47(42)50/h1,4-31H,2H3/b16-4-. The van der Waals surface area contributed by atoms with Gasteiger partial charge in [0.15, 0.2) is 0 Å². The molecule has 2 heterocycles. The van der Waals surface area contributed by atoms with Gasteiger partial charge in [0.05, 0.1) is 22.1 Å². The molecule has 0 aliphatic rings. The Kier molecular flexibility index (Phi) is 6.50. The number of benzene rings is 8. The number of aromatic nitrogens is 2. The molecule has 0 radical (unpaired) electrons. The van der Waals surface area contributed by atoms with Crippen LogP contribution in [0.2, 0.25) is 0 Å². The van der Waals surface area contributed by atoms with Gasteiger partial charge in [-0.15, -0.1) is 6.42 Å². The van der Waals surface area contributed by atoms with Crippen LogP contribution in [0.25, 0.3) is 93.7 Å². The first-order valence-electron chi connectivity index (χ1n) is 17.4. The second-order valence-corrected chi connectivity index (χ2v) is 13.3. The Labute approximate surface area is 296 Å². The number of rotatable bonds is 4. The summed E-state index contributed by atoms with van der Waals surface area (Å²) in [6.07, 6.45) is 9.51. The van der Waals surface area contributed by atoms with Gasteiger partial charge in [0.1, 0.15) is 0 Å². The quantitative estimate of drug-likeness (QED) is 0.133. The molecule has 2 heteroatoms. The van der Waals surface area contributed by atoms with Gasteiger partial charge in [-0.1, -0.05) is 115 Å². The minimum absolute atomic E-state index is 1.13. The van der Waals surface area contributed by atoms with Crippen molar-refractivity contribution in [1.29, 1.82) is 0 Å². The highest BCUT2D eigenvalue weighted by Gasteiger charge is 2.17. The highest BCUT2D eigenvalue weighted by molar-refractivity contribution is 6.14. The number of hydrogen-bond acceptors (Lipinski definition) is 0. The van der Waals surface area contributed by atoms with E-state index in [0.717, 1.165) is 11.4 Å². The molecule has 8 aromatic carbocycles. The molecule has 10 aromatic rings. The molecule has 2 aromatic heterocycles. The van der Waals surface area contributed by atoms with Crippen molar-refractivity contribution in [3.8, 4) is 34.8 Å². The Bertz CT molecular complexity index is 3050. The van der Waals surface area contributed by atoms with Crippen LogP contribution in [-0.4, -0.2) is 9.13 Å². The van der Waals surface area contributed by atoms with E-state index in [1.54, 1.807) is 6.08 Å². The number of para-hydroxylation sites is 3. The Hall–Kier alpha value is -6.82. The van der Waals surface area contributed by atoms with Crippen LogP contribution in [0.4, 0.5) is 0 Å². The van der Waals surface area contributed by atoms with Crippen molar-refractivity contribution in [2.75, 3.05) is 0 Å². The molecule has 51 heavy (non-hydrogen) atoms. The summed E-state index contributed by atoms with van der Waals surface area (Å²) in [4.78, 5) is 0. The summed E-state index contributed by atoms with van der Waals surface area (Å²) in [6, 6.07) is 57.5. The van der Waals surface area contributed by atoms with Gasteiger partial charge in [-0.2, -0.15) is 0 Å². The van der Waals surface area contributed by atoms with Gasteiger partial charge in [-0.25, -0.2) is 0 Å². The third-order valence-corrected chi connectivity index (χ3v) is 10.6. The average Bonchev–Trinajstić information content (AvgIpc) is 3.70. The van der Waals surface area contributed by atoms with Crippen LogP contribution < -0.4 is 0 Å². The van der Waals surface area contributed by atoms with Gasteiger partial charge in [0, 0.05) is 32.9 Å². The summed E-state index contributed by atoms with van der Waals surface area (Å²) < 4.78 is 4.82. The maximum atomic E-state index is 5.64. The van der Waals surface area contributed by atoms with Crippen molar-refractivity contribution >= 4 is 71.2 Å². The molecule has 0 amide bonds. The number of nitrogens with zero attached hydrogens (tertiary/aromatic N) is 2. The van der Waals surface area contributed by atoms with E-state index in [0.29, 0.717) is 0 Å². The Morgan fingerprint density at radius 2 is 0.961 bits per heavy atom. The summed E-state index contributed by atoms with van der Waals surface area (Å²) in [5, 5.41) is 9.93. The zero-order valence-electron chi connectivity index (χ0n) is 28.1. The monoisotopic (exact) mass is 648 g/mol. The summed E-state index contributed by atoms with van der Waals surface area (Å²) in [5.74, 6) is 2.68. The Balaban J connectivity index is 1.19. The second-order valence-electron chi connectivity index (χ2n) is 13.3. The minimum atomic E-state index is 1.13. The van der Waals surface area contributed by atoms with E-state index in [1.807, 2.05) is 0 Å². The Morgan fingerprint density at radius 3 is 1.63 bits per heavy atom. The lowest BCUT2D eigenvalue weighted by Gasteiger charge is -2.15. The highest BCUT2D eigenvalue weighted by atomic mass is 15.0. The van der Waals surface area contributed by atoms with Crippen LogP contribution in [0.3, 0.4) is 0 Å². The van der Waals surface area contributed by atoms with Gasteiger partial charge in [-0.3, -0.25) is 0 Å². The number of fused-ring (bicyclic) bond motifs is 9. The van der Waals surface area contributed by atoms with E-state index < -0.39 is 0 Å². The number of allylic oxidation sites excluding steroid dienone is 1. The zero-order valence-corrected chi connectivity index (χ0v) is 28.1.